The van der Waals surface area contributed by atoms with E-state index < -0.39 is 10.0 Å². The lowest BCUT2D eigenvalue weighted by atomic mass is 10.2. The van der Waals surface area contributed by atoms with Crippen LogP contribution in [-0.2, 0) is 10.0 Å². The smallest absolute Gasteiger partial charge is 0.261 e. The van der Waals surface area contributed by atoms with E-state index in [1.807, 2.05) is 6.92 Å². The average Bonchev–Trinajstić information content (AvgIpc) is 2.76. The first-order valence-electron chi connectivity index (χ1n) is 5.15. The molecule has 2 aromatic rings. The molecular weight excluding hydrogens is 270 g/mol. The van der Waals surface area contributed by atoms with E-state index in [9.17, 15) is 13.2 Å². The minimum Gasteiger partial charge on any atom is -0.297 e. The van der Waals surface area contributed by atoms with Gasteiger partial charge in [-0.15, -0.1) is 11.3 Å². The van der Waals surface area contributed by atoms with Crippen molar-refractivity contribution in [3.8, 4) is 0 Å². The highest BCUT2D eigenvalue weighted by molar-refractivity contribution is 7.92. The van der Waals surface area contributed by atoms with Crippen LogP contribution in [0.2, 0.25) is 0 Å². The third kappa shape index (κ3) is 2.60. The molecule has 1 aromatic heterocycles. The normalized spacial score (nSPS) is 11.2. The Hall–Kier alpha value is -1.66. The molecule has 0 fully saturated rings. The number of nitrogens with one attached hydrogen (secondary N) is 1. The van der Waals surface area contributed by atoms with Crippen molar-refractivity contribution in [1.82, 2.24) is 0 Å². The van der Waals surface area contributed by atoms with Crippen molar-refractivity contribution in [2.24, 2.45) is 0 Å². The number of carbonyl (C=O) groups excluding carboxylic acids is 1. The fourth-order valence-corrected chi connectivity index (χ4v) is 3.21. The van der Waals surface area contributed by atoms with E-state index in [-0.39, 0.29) is 4.90 Å². The summed E-state index contributed by atoms with van der Waals surface area (Å²) in [5, 5.41) is 1.66. The summed E-state index contributed by atoms with van der Waals surface area (Å²) in [5.74, 6) is 0. The summed E-state index contributed by atoms with van der Waals surface area (Å²) in [6.07, 6.45) is 0.637. The molecule has 0 saturated carbocycles. The molecule has 0 amide bonds. The summed E-state index contributed by atoms with van der Waals surface area (Å²) in [7, 11) is -3.63. The van der Waals surface area contributed by atoms with Crippen LogP contribution in [0.1, 0.15) is 15.2 Å². The van der Waals surface area contributed by atoms with Gasteiger partial charge in [-0.05, 0) is 30.5 Å². The van der Waals surface area contributed by atoms with Crippen molar-refractivity contribution in [3.05, 3.63) is 46.2 Å². The van der Waals surface area contributed by atoms with Gasteiger partial charge in [-0.25, -0.2) is 8.42 Å². The Morgan fingerprint density at radius 1 is 1.17 bits per heavy atom. The Labute approximate surface area is 109 Å². The third-order valence-electron chi connectivity index (χ3n) is 2.38. The van der Waals surface area contributed by atoms with Gasteiger partial charge in [-0.3, -0.25) is 9.52 Å². The highest BCUT2D eigenvalue weighted by Crippen LogP contribution is 2.23. The maximum absolute atomic E-state index is 12.1. The molecule has 94 valence electrons. The molecule has 1 heterocycles. The zero-order chi connectivity index (χ0) is 13.2. The molecule has 0 aliphatic rings. The van der Waals surface area contributed by atoms with Crippen LogP contribution in [0.4, 0.5) is 5.69 Å². The largest absolute Gasteiger partial charge is 0.297 e. The maximum Gasteiger partial charge on any atom is 0.261 e. The van der Waals surface area contributed by atoms with Gasteiger partial charge < -0.3 is 0 Å². The van der Waals surface area contributed by atoms with Crippen LogP contribution in [0.25, 0.3) is 0 Å². The van der Waals surface area contributed by atoms with Gasteiger partial charge in [0.15, 0.2) is 6.29 Å². The summed E-state index contributed by atoms with van der Waals surface area (Å²) < 4.78 is 26.5. The fourth-order valence-electron chi connectivity index (χ4n) is 1.42. The van der Waals surface area contributed by atoms with E-state index in [4.69, 9.17) is 0 Å². The van der Waals surface area contributed by atoms with Gasteiger partial charge >= 0.3 is 0 Å². The quantitative estimate of drug-likeness (QED) is 0.876. The molecule has 0 aliphatic heterocycles. The molecule has 6 heteroatoms. The van der Waals surface area contributed by atoms with Gasteiger partial charge in [0.25, 0.3) is 10.0 Å². The molecule has 2 rings (SSSR count). The molecule has 0 saturated heterocycles. The first kappa shape index (κ1) is 12.8. The van der Waals surface area contributed by atoms with Crippen LogP contribution in [0, 0.1) is 6.92 Å². The number of hydrogen-bond acceptors (Lipinski definition) is 4. The Kier molecular flexibility index (Phi) is 3.49. The number of rotatable bonds is 4. The van der Waals surface area contributed by atoms with Gasteiger partial charge in [-0.2, -0.15) is 0 Å². The predicted molar refractivity (Wildman–Crippen MR) is 71.7 cm³/mol. The van der Waals surface area contributed by atoms with E-state index in [1.54, 1.807) is 23.6 Å². The number of benzene rings is 1. The minimum absolute atomic E-state index is 0.177. The molecule has 0 bridgehead atoms. The molecule has 0 atom stereocenters. The Bertz CT molecular complexity index is 657. The van der Waals surface area contributed by atoms with Crippen molar-refractivity contribution in [2.45, 2.75) is 11.8 Å². The zero-order valence-corrected chi connectivity index (χ0v) is 11.2. The summed E-state index contributed by atoms with van der Waals surface area (Å²) in [6.45, 7) is 1.88. The highest BCUT2D eigenvalue weighted by Gasteiger charge is 2.16. The van der Waals surface area contributed by atoms with Crippen LogP contribution in [0.15, 0.2) is 40.6 Å². The number of aldehydes is 1. The molecule has 0 unspecified atom stereocenters. The number of anilines is 1. The van der Waals surface area contributed by atoms with Gasteiger partial charge in [0.2, 0.25) is 0 Å². The van der Waals surface area contributed by atoms with Gasteiger partial charge in [0, 0.05) is 0 Å². The number of aryl methyl sites for hydroxylation is 1. The number of carbonyl (C=O) groups is 1. The molecule has 0 radical (unpaired) electrons. The number of thiophene rings is 1. The lowest BCUT2D eigenvalue weighted by Crippen LogP contribution is -2.13. The average molecular weight is 281 g/mol. The molecular formula is C12H11NO3S2. The van der Waals surface area contributed by atoms with Crippen LogP contribution >= 0.6 is 11.3 Å². The Morgan fingerprint density at radius 2 is 1.83 bits per heavy atom. The van der Waals surface area contributed by atoms with Crippen molar-refractivity contribution in [2.75, 3.05) is 4.72 Å². The second-order valence-corrected chi connectivity index (χ2v) is 6.37. The standard InChI is InChI=1S/C12H11NO3S2/c1-9-2-4-10(5-3-9)18(15,16)13-11-6-7-17-12(11)8-14/h2-8,13H,1H3. The summed E-state index contributed by atoms with van der Waals surface area (Å²) >= 11 is 1.19. The monoisotopic (exact) mass is 281 g/mol. The molecule has 4 nitrogen and oxygen atoms in total. The van der Waals surface area contributed by atoms with E-state index >= 15 is 0 Å². The van der Waals surface area contributed by atoms with Crippen molar-refractivity contribution in [3.63, 3.8) is 0 Å². The highest BCUT2D eigenvalue weighted by atomic mass is 32.2. The van der Waals surface area contributed by atoms with Gasteiger partial charge in [-0.1, -0.05) is 17.7 Å². The van der Waals surface area contributed by atoms with Crippen molar-refractivity contribution < 1.29 is 13.2 Å². The molecule has 18 heavy (non-hydrogen) atoms. The van der Waals surface area contributed by atoms with Gasteiger partial charge in [0.05, 0.1) is 15.5 Å². The lowest BCUT2D eigenvalue weighted by Gasteiger charge is -2.07. The second-order valence-electron chi connectivity index (χ2n) is 3.73. The first-order valence-corrected chi connectivity index (χ1v) is 7.51. The lowest BCUT2D eigenvalue weighted by molar-refractivity contribution is 0.112. The topological polar surface area (TPSA) is 63.2 Å². The fraction of sp³-hybridized carbons (Fsp3) is 0.0833. The predicted octanol–water partition coefficient (Wildman–Crippen LogP) is 2.67. The van der Waals surface area contributed by atoms with E-state index in [0.717, 1.165) is 5.56 Å². The molecule has 1 aromatic carbocycles. The Balaban J connectivity index is 2.33. The molecule has 0 aliphatic carbocycles. The zero-order valence-electron chi connectivity index (χ0n) is 9.58. The molecule has 0 spiro atoms. The van der Waals surface area contributed by atoms with Crippen molar-refractivity contribution in [1.29, 1.82) is 0 Å². The van der Waals surface area contributed by atoms with Gasteiger partial charge in [0.1, 0.15) is 0 Å². The summed E-state index contributed by atoms with van der Waals surface area (Å²) in [6, 6.07) is 8.08. The maximum atomic E-state index is 12.1. The number of hydrogen-bond donors (Lipinski definition) is 1. The minimum atomic E-state index is -3.63. The van der Waals surface area contributed by atoms with E-state index in [2.05, 4.69) is 4.72 Å². The van der Waals surface area contributed by atoms with Crippen molar-refractivity contribution >= 4 is 33.3 Å². The van der Waals surface area contributed by atoms with Crippen LogP contribution in [0.3, 0.4) is 0 Å². The summed E-state index contributed by atoms with van der Waals surface area (Å²) in [5.41, 5.74) is 1.30. The SMILES string of the molecule is Cc1ccc(S(=O)(=O)Nc2ccsc2C=O)cc1. The Morgan fingerprint density at radius 3 is 2.44 bits per heavy atom. The first-order chi connectivity index (χ1) is 8.53. The molecule has 1 N–H and O–H groups in total. The number of sulfonamides is 1. The third-order valence-corrected chi connectivity index (χ3v) is 4.60. The van der Waals surface area contributed by atoms with E-state index in [0.29, 0.717) is 16.9 Å². The summed E-state index contributed by atoms with van der Waals surface area (Å²) in [4.78, 5) is 11.3. The van der Waals surface area contributed by atoms with Crippen LogP contribution < -0.4 is 4.72 Å². The second kappa shape index (κ2) is 4.91. The van der Waals surface area contributed by atoms with Crippen LogP contribution in [-0.4, -0.2) is 14.7 Å². The van der Waals surface area contributed by atoms with Crippen LogP contribution in [0.5, 0.6) is 0 Å². The van der Waals surface area contributed by atoms with E-state index in [1.165, 1.54) is 23.5 Å².